The highest BCUT2D eigenvalue weighted by Crippen LogP contribution is 2.39. The molecule has 0 spiro atoms. The van der Waals surface area contributed by atoms with Crippen LogP contribution < -0.4 is 10.6 Å². The van der Waals surface area contributed by atoms with Crippen molar-refractivity contribution < 1.29 is 18.1 Å². The van der Waals surface area contributed by atoms with E-state index >= 15 is 0 Å². The third kappa shape index (κ3) is 3.31. The third-order valence-corrected chi connectivity index (χ3v) is 3.82. The Morgan fingerprint density at radius 2 is 2.10 bits per heavy atom. The molecule has 0 amide bonds. The number of hydrogen-bond acceptors (Lipinski definition) is 4. The van der Waals surface area contributed by atoms with Gasteiger partial charge in [-0.2, -0.15) is 13.2 Å². The molecule has 1 saturated heterocycles. The molecule has 1 aromatic carbocycles. The number of nitro benzene ring substituents is 1. The van der Waals surface area contributed by atoms with Gasteiger partial charge in [-0.15, -0.1) is 0 Å². The van der Waals surface area contributed by atoms with Crippen LogP contribution >= 0.6 is 11.6 Å². The minimum atomic E-state index is -4.27. The normalized spacial score (nSPS) is 19.6. The molecule has 0 unspecified atom stereocenters. The van der Waals surface area contributed by atoms with Crippen LogP contribution in [0, 0.1) is 16.0 Å². The zero-order valence-electron chi connectivity index (χ0n) is 10.9. The number of nitro groups is 1. The van der Waals surface area contributed by atoms with Gasteiger partial charge in [-0.05, 0) is 18.9 Å². The largest absolute Gasteiger partial charge is 0.393 e. The number of nitrogens with zero attached hydrogens (tertiary/aromatic N) is 2. The zero-order valence-corrected chi connectivity index (χ0v) is 11.6. The Balaban J connectivity index is 2.30. The van der Waals surface area contributed by atoms with Gasteiger partial charge in [0.2, 0.25) is 0 Å². The van der Waals surface area contributed by atoms with Crippen LogP contribution in [0.25, 0.3) is 0 Å². The molecule has 21 heavy (non-hydrogen) atoms. The van der Waals surface area contributed by atoms with Crippen molar-refractivity contribution >= 4 is 28.7 Å². The first-order valence-corrected chi connectivity index (χ1v) is 6.63. The van der Waals surface area contributed by atoms with Crippen molar-refractivity contribution in [3.63, 3.8) is 0 Å². The van der Waals surface area contributed by atoms with Crippen molar-refractivity contribution in [2.45, 2.75) is 19.0 Å². The molecule has 1 heterocycles. The first-order valence-electron chi connectivity index (χ1n) is 6.25. The Kier molecular flexibility index (Phi) is 4.18. The van der Waals surface area contributed by atoms with Gasteiger partial charge in [-0.25, -0.2) is 0 Å². The van der Waals surface area contributed by atoms with Crippen LogP contribution in [0.5, 0.6) is 0 Å². The number of benzene rings is 1. The molecule has 0 bridgehead atoms. The molecule has 0 radical (unpaired) electrons. The van der Waals surface area contributed by atoms with E-state index in [1.165, 1.54) is 11.0 Å². The summed E-state index contributed by atoms with van der Waals surface area (Å²) in [5.41, 5.74) is 5.40. The molecule has 0 aromatic heterocycles. The number of nitrogens with two attached hydrogens (primary N) is 1. The second kappa shape index (κ2) is 5.59. The van der Waals surface area contributed by atoms with Crippen LogP contribution in [0.1, 0.15) is 12.8 Å². The number of rotatable bonds is 2. The quantitative estimate of drug-likeness (QED) is 0.512. The molecule has 116 valence electrons. The summed E-state index contributed by atoms with van der Waals surface area (Å²) in [6.45, 7) is 0.185. The molecule has 2 N–H and O–H groups in total. The third-order valence-electron chi connectivity index (χ3n) is 3.52. The summed E-state index contributed by atoms with van der Waals surface area (Å²) in [5.74, 6) is -1.43. The highest BCUT2D eigenvalue weighted by atomic mass is 35.5. The Bertz CT molecular complexity index is 565. The Morgan fingerprint density at radius 3 is 2.67 bits per heavy atom. The van der Waals surface area contributed by atoms with Gasteiger partial charge < -0.3 is 10.6 Å². The fraction of sp³-hybridized carbons (Fsp3) is 0.500. The van der Waals surface area contributed by atoms with E-state index in [0.717, 1.165) is 6.07 Å². The van der Waals surface area contributed by atoms with Crippen molar-refractivity contribution in [1.29, 1.82) is 0 Å². The maximum absolute atomic E-state index is 12.8. The zero-order chi connectivity index (χ0) is 15.8. The molecule has 1 atom stereocenters. The number of piperidine rings is 1. The molecule has 1 aromatic rings. The van der Waals surface area contributed by atoms with Crippen LogP contribution in [-0.4, -0.2) is 24.2 Å². The lowest BCUT2D eigenvalue weighted by molar-refractivity contribution is -0.383. The monoisotopic (exact) mass is 323 g/mol. The number of alkyl halides is 3. The number of nitrogen functional groups attached to an aromatic ring is 1. The van der Waals surface area contributed by atoms with Gasteiger partial charge in [-0.3, -0.25) is 10.1 Å². The minimum Gasteiger partial charge on any atom is -0.393 e. The topological polar surface area (TPSA) is 72.4 Å². The minimum absolute atomic E-state index is 0.0266. The maximum atomic E-state index is 12.8. The highest BCUT2D eigenvalue weighted by molar-refractivity contribution is 6.33. The fourth-order valence-corrected chi connectivity index (χ4v) is 2.71. The van der Waals surface area contributed by atoms with Gasteiger partial charge in [0.15, 0.2) is 0 Å². The molecular weight excluding hydrogens is 311 g/mol. The molecular formula is C12H13ClF3N3O2. The van der Waals surface area contributed by atoms with E-state index in [1.807, 2.05) is 0 Å². The predicted octanol–water partition coefficient (Wildman–Crippen LogP) is 3.61. The maximum Gasteiger partial charge on any atom is 0.393 e. The van der Waals surface area contributed by atoms with Crippen molar-refractivity contribution in [3.05, 3.63) is 27.3 Å². The molecule has 1 aliphatic rings. The summed E-state index contributed by atoms with van der Waals surface area (Å²) in [6.07, 6.45) is -3.82. The molecule has 2 rings (SSSR count). The summed E-state index contributed by atoms with van der Waals surface area (Å²) in [7, 11) is 0. The van der Waals surface area contributed by atoms with Gasteiger partial charge in [0.05, 0.1) is 21.6 Å². The van der Waals surface area contributed by atoms with Gasteiger partial charge in [0.25, 0.3) is 5.69 Å². The van der Waals surface area contributed by atoms with Gasteiger partial charge in [0, 0.05) is 19.2 Å². The molecule has 1 aliphatic heterocycles. The van der Waals surface area contributed by atoms with E-state index in [9.17, 15) is 23.3 Å². The first kappa shape index (κ1) is 15.7. The second-order valence-electron chi connectivity index (χ2n) is 4.95. The Labute approximate surface area is 123 Å². The van der Waals surface area contributed by atoms with Crippen LogP contribution in [0.15, 0.2) is 12.1 Å². The summed E-state index contributed by atoms with van der Waals surface area (Å²) in [6, 6.07) is 2.34. The van der Waals surface area contributed by atoms with Crippen molar-refractivity contribution in [1.82, 2.24) is 0 Å². The van der Waals surface area contributed by atoms with Crippen LogP contribution in [0.3, 0.4) is 0 Å². The van der Waals surface area contributed by atoms with Crippen LogP contribution in [0.2, 0.25) is 5.02 Å². The van der Waals surface area contributed by atoms with E-state index in [-0.39, 0.29) is 29.4 Å². The van der Waals surface area contributed by atoms with Crippen molar-refractivity contribution in [3.8, 4) is 0 Å². The average molecular weight is 324 g/mol. The van der Waals surface area contributed by atoms with E-state index in [0.29, 0.717) is 18.7 Å². The molecule has 9 heteroatoms. The summed E-state index contributed by atoms with van der Waals surface area (Å²) < 4.78 is 38.4. The highest BCUT2D eigenvalue weighted by Gasteiger charge is 2.42. The lowest BCUT2D eigenvalue weighted by Gasteiger charge is -2.35. The van der Waals surface area contributed by atoms with Gasteiger partial charge in [0.1, 0.15) is 5.69 Å². The Hall–Kier alpha value is -1.70. The number of halogens is 4. The Morgan fingerprint density at radius 1 is 1.43 bits per heavy atom. The average Bonchev–Trinajstić information content (AvgIpc) is 2.40. The predicted molar refractivity (Wildman–Crippen MR) is 73.5 cm³/mol. The lowest BCUT2D eigenvalue weighted by Crippen LogP contribution is -2.41. The van der Waals surface area contributed by atoms with E-state index in [2.05, 4.69) is 0 Å². The fourth-order valence-electron chi connectivity index (χ4n) is 2.43. The van der Waals surface area contributed by atoms with E-state index < -0.39 is 17.0 Å². The van der Waals surface area contributed by atoms with E-state index in [1.54, 1.807) is 0 Å². The summed E-state index contributed by atoms with van der Waals surface area (Å²) >= 11 is 5.96. The second-order valence-corrected chi connectivity index (χ2v) is 5.35. The number of anilines is 2. The standard InChI is InChI=1S/C12H13ClF3N3O2/c13-8-4-11(19(20)21)9(17)5-10(8)18-3-1-2-7(6-18)12(14,15)16/h4-5,7H,1-3,6,17H2/t7-/m1/s1. The summed E-state index contributed by atoms with van der Waals surface area (Å²) in [5, 5.41) is 10.8. The summed E-state index contributed by atoms with van der Waals surface area (Å²) in [4.78, 5) is 11.5. The molecule has 0 saturated carbocycles. The smallest absolute Gasteiger partial charge is 0.393 e. The lowest BCUT2D eigenvalue weighted by atomic mass is 9.97. The first-order chi connectivity index (χ1) is 9.70. The van der Waals surface area contributed by atoms with Crippen molar-refractivity contribution in [2.24, 2.45) is 5.92 Å². The van der Waals surface area contributed by atoms with Crippen LogP contribution in [-0.2, 0) is 0 Å². The molecule has 1 fully saturated rings. The van der Waals surface area contributed by atoms with Gasteiger partial charge in [-0.1, -0.05) is 11.6 Å². The van der Waals surface area contributed by atoms with E-state index in [4.69, 9.17) is 17.3 Å². The van der Waals surface area contributed by atoms with Crippen LogP contribution in [0.4, 0.5) is 30.2 Å². The van der Waals surface area contributed by atoms with Crippen molar-refractivity contribution in [2.75, 3.05) is 23.7 Å². The molecule has 5 nitrogen and oxygen atoms in total. The van der Waals surface area contributed by atoms with Gasteiger partial charge >= 0.3 is 6.18 Å². The molecule has 0 aliphatic carbocycles. The SMILES string of the molecule is Nc1cc(N2CCC[C@@H](C(F)(F)F)C2)c(Cl)cc1[N+](=O)[O-]. The number of hydrogen-bond donors (Lipinski definition) is 1.